The maximum absolute atomic E-state index is 12.4. The van der Waals surface area contributed by atoms with Crippen LogP contribution in [0.3, 0.4) is 0 Å². The van der Waals surface area contributed by atoms with Crippen LogP contribution in [0, 0.1) is 11.3 Å². The lowest BCUT2D eigenvalue weighted by molar-refractivity contribution is -0.151. The van der Waals surface area contributed by atoms with Gasteiger partial charge in [-0.25, -0.2) is 0 Å². The molecule has 2 fully saturated rings. The van der Waals surface area contributed by atoms with Gasteiger partial charge in [-0.05, 0) is 31.6 Å². The first kappa shape index (κ1) is 11.9. The van der Waals surface area contributed by atoms with Crippen LogP contribution in [0.2, 0.25) is 0 Å². The molecule has 0 aromatic heterocycles. The van der Waals surface area contributed by atoms with Gasteiger partial charge in [0.15, 0.2) is 0 Å². The quantitative estimate of drug-likeness (QED) is 0.729. The third-order valence-corrected chi connectivity index (χ3v) is 4.17. The van der Waals surface area contributed by atoms with Crippen LogP contribution in [0.15, 0.2) is 0 Å². The van der Waals surface area contributed by atoms with E-state index in [0.717, 1.165) is 32.2 Å². The van der Waals surface area contributed by atoms with Crippen LogP contribution in [0.5, 0.6) is 0 Å². The van der Waals surface area contributed by atoms with Gasteiger partial charge in [-0.3, -0.25) is 4.79 Å². The smallest absolute Gasteiger partial charge is 0.230 e. The molecule has 0 aromatic carbocycles. The highest BCUT2D eigenvalue weighted by molar-refractivity contribution is 5.84. The van der Waals surface area contributed by atoms with E-state index < -0.39 is 0 Å². The Morgan fingerprint density at radius 3 is 2.75 bits per heavy atom. The summed E-state index contributed by atoms with van der Waals surface area (Å²) >= 11 is 0. The van der Waals surface area contributed by atoms with Crippen molar-refractivity contribution in [3.8, 4) is 0 Å². The highest BCUT2D eigenvalue weighted by Crippen LogP contribution is 2.46. The Labute approximate surface area is 96.8 Å². The van der Waals surface area contributed by atoms with Crippen LogP contribution in [0.1, 0.15) is 32.6 Å². The van der Waals surface area contributed by atoms with Gasteiger partial charge in [0.25, 0.3) is 0 Å². The number of aliphatic hydroxyl groups excluding tert-OH is 1. The molecule has 92 valence electrons. The van der Waals surface area contributed by atoms with Crippen molar-refractivity contribution in [1.29, 1.82) is 0 Å². The molecule has 0 bridgehead atoms. The van der Waals surface area contributed by atoms with Crippen molar-refractivity contribution in [2.24, 2.45) is 17.1 Å². The van der Waals surface area contributed by atoms with Crippen molar-refractivity contribution in [2.45, 2.75) is 38.6 Å². The summed E-state index contributed by atoms with van der Waals surface area (Å²) in [6, 6.07) is 0.0341. The molecule has 0 aromatic rings. The largest absolute Gasteiger partial charge is 0.394 e. The Balaban J connectivity index is 2.06. The van der Waals surface area contributed by atoms with E-state index in [4.69, 9.17) is 5.73 Å². The van der Waals surface area contributed by atoms with Gasteiger partial charge in [0.1, 0.15) is 0 Å². The number of hydrogen-bond donors (Lipinski definition) is 2. The zero-order valence-electron chi connectivity index (χ0n) is 9.98. The van der Waals surface area contributed by atoms with Crippen molar-refractivity contribution in [2.75, 3.05) is 19.7 Å². The highest BCUT2D eigenvalue weighted by Gasteiger charge is 2.50. The third-order valence-electron chi connectivity index (χ3n) is 4.17. The Morgan fingerprint density at radius 2 is 2.25 bits per heavy atom. The summed E-state index contributed by atoms with van der Waals surface area (Å²) < 4.78 is 0. The van der Waals surface area contributed by atoms with Gasteiger partial charge in [-0.15, -0.1) is 0 Å². The first-order valence-electron chi connectivity index (χ1n) is 6.25. The number of carbonyl (C=O) groups excluding carboxylic acids is 1. The van der Waals surface area contributed by atoms with E-state index in [1.54, 1.807) is 0 Å². The van der Waals surface area contributed by atoms with Crippen molar-refractivity contribution in [3.63, 3.8) is 0 Å². The second-order valence-corrected chi connectivity index (χ2v) is 5.48. The van der Waals surface area contributed by atoms with Gasteiger partial charge >= 0.3 is 0 Å². The fourth-order valence-electron chi connectivity index (χ4n) is 3.30. The highest BCUT2D eigenvalue weighted by atomic mass is 16.3. The third kappa shape index (κ3) is 1.74. The number of hydrogen-bond acceptors (Lipinski definition) is 3. The molecule has 3 N–H and O–H groups in total. The number of carbonyl (C=O) groups is 1. The fourth-order valence-corrected chi connectivity index (χ4v) is 3.30. The first-order chi connectivity index (χ1) is 7.63. The van der Waals surface area contributed by atoms with Gasteiger partial charge < -0.3 is 15.7 Å². The molecule has 1 unspecified atom stereocenters. The lowest BCUT2D eigenvalue weighted by Crippen LogP contribution is -2.56. The molecular weight excluding hydrogens is 204 g/mol. The lowest BCUT2D eigenvalue weighted by atomic mass is 9.61. The maximum Gasteiger partial charge on any atom is 0.230 e. The van der Waals surface area contributed by atoms with E-state index in [0.29, 0.717) is 12.5 Å². The van der Waals surface area contributed by atoms with Crippen molar-refractivity contribution >= 4 is 5.91 Å². The Hall–Kier alpha value is -0.610. The van der Waals surface area contributed by atoms with E-state index in [-0.39, 0.29) is 24.0 Å². The molecule has 1 saturated heterocycles. The average Bonchev–Trinajstić information content (AvgIpc) is 2.71. The number of rotatable bonds is 3. The second-order valence-electron chi connectivity index (χ2n) is 5.48. The van der Waals surface area contributed by atoms with E-state index in [9.17, 15) is 9.90 Å². The standard InChI is InChI=1S/C12H22N2O2/c1-9-5-12(6-9,8-13)11(16)14-4-2-3-10(14)7-15/h9-10,15H,2-8,13H2,1H3. The molecule has 2 aliphatic rings. The first-order valence-corrected chi connectivity index (χ1v) is 6.25. The van der Waals surface area contributed by atoms with E-state index in [1.165, 1.54) is 0 Å². The van der Waals surface area contributed by atoms with Crippen LogP contribution in [-0.4, -0.2) is 41.7 Å². The normalized spacial score (nSPS) is 38.6. The predicted octanol–water partition coefficient (Wildman–Crippen LogP) is 0.345. The van der Waals surface area contributed by atoms with Crippen LogP contribution < -0.4 is 5.73 Å². The minimum atomic E-state index is -0.308. The number of amides is 1. The number of nitrogens with zero attached hydrogens (tertiary/aromatic N) is 1. The number of likely N-dealkylation sites (tertiary alicyclic amines) is 1. The predicted molar refractivity (Wildman–Crippen MR) is 61.7 cm³/mol. The molecule has 4 heteroatoms. The Kier molecular flexibility index (Phi) is 3.22. The van der Waals surface area contributed by atoms with E-state index in [2.05, 4.69) is 6.92 Å². The number of nitrogens with two attached hydrogens (primary N) is 1. The SMILES string of the molecule is CC1CC(CN)(C(=O)N2CCCC2CO)C1. The van der Waals surface area contributed by atoms with E-state index in [1.807, 2.05) is 4.90 Å². The summed E-state index contributed by atoms with van der Waals surface area (Å²) in [4.78, 5) is 14.3. The molecule has 1 aliphatic carbocycles. The van der Waals surface area contributed by atoms with Crippen LogP contribution in [0.25, 0.3) is 0 Å². The van der Waals surface area contributed by atoms with Gasteiger partial charge in [0, 0.05) is 13.1 Å². The fraction of sp³-hybridized carbons (Fsp3) is 0.917. The molecule has 1 saturated carbocycles. The maximum atomic E-state index is 12.4. The molecule has 1 amide bonds. The zero-order valence-corrected chi connectivity index (χ0v) is 9.98. The molecule has 16 heavy (non-hydrogen) atoms. The zero-order chi connectivity index (χ0) is 11.8. The summed E-state index contributed by atoms with van der Waals surface area (Å²) in [5.74, 6) is 0.798. The molecule has 4 nitrogen and oxygen atoms in total. The summed E-state index contributed by atoms with van der Waals surface area (Å²) in [6.45, 7) is 3.49. The Morgan fingerprint density at radius 1 is 1.56 bits per heavy atom. The van der Waals surface area contributed by atoms with Gasteiger partial charge in [-0.2, -0.15) is 0 Å². The molecule has 0 radical (unpaired) electrons. The van der Waals surface area contributed by atoms with E-state index >= 15 is 0 Å². The monoisotopic (exact) mass is 226 g/mol. The van der Waals surface area contributed by atoms with Crippen LogP contribution >= 0.6 is 0 Å². The lowest BCUT2D eigenvalue weighted by Gasteiger charge is -2.47. The number of aliphatic hydroxyl groups is 1. The van der Waals surface area contributed by atoms with Crippen molar-refractivity contribution in [3.05, 3.63) is 0 Å². The second kappa shape index (κ2) is 4.34. The molecular formula is C12H22N2O2. The minimum Gasteiger partial charge on any atom is -0.394 e. The average molecular weight is 226 g/mol. The van der Waals surface area contributed by atoms with Crippen LogP contribution in [0.4, 0.5) is 0 Å². The summed E-state index contributed by atoms with van der Waals surface area (Å²) in [5.41, 5.74) is 5.47. The Bertz CT molecular complexity index is 274. The van der Waals surface area contributed by atoms with Gasteiger partial charge in [0.05, 0.1) is 18.1 Å². The van der Waals surface area contributed by atoms with Gasteiger partial charge in [0.2, 0.25) is 5.91 Å². The molecule has 1 aliphatic heterocycles. The van der Waals surface area contributed by atoms with Crippen molar-refractivity contribution in [1.82, 2.24) is 4.90 Å². The van der Waals surface area contributed by atoms with Crippen molar-refractivity contribution < 1.29 is 9.90 Å². The molecule has 1 heterocycles. The van der Waals surface area contributed by atoms with Crippen LogP contribution in [-0.2, 0) is 4.79 Å². The molecule has 2 rings (SSSR count). The topological polar surface area (TPSA) is 66.6 Å². The molecule has 0 spiro atoms. The van der Waals surface area contributed by atoms with Gasteiger partial charge in [-0.1, -0.05) is 6.92 Å². The minimum absolute atomic E-state index is 0.0341. The summed E-state index contributed by atoms with van der Waals surface area (Å²) in [6.07, 6.45) is 3.76. The summed E-state index contributed by atoms with van der Waals surface area (Å²) in [7, 11) is 0. The molecule has 1 atom stereocenters. The summed E-state index contributed by atoms with van der Waals surface area (Å²) in [5, 5.41) is 9.24.